The average molecular weight is 624 g/mol. The number of rotatable bonds is 13. The maximum absolute atomic E-state index is 13.6. The third kappa shape index (κ3) is 12.2. The minimum Gasteiger partial charge on any atom is -0.453 e. The molecule has 2 aromatic rings. The molecular weight excluding hydrogens is 578 g/mol. The molecule has 2 aromatic carbocycles. The predicted octanol–water partition coefficient (Wildman–Crippen LogP) is 4.71. The van der Waals surface area contributed by atoms with Crippen LogP contribution in [-0.4, -0.2) is 66.1 Å². The molecule has 45 heavy (non-hydrogen) atoms. The molecule has 11 nitrogen and oxygen atoms in total. The van der Waals surface area contributed by atoms with Crippen LogP contribution in [-0.2, 0) is 39.9 Å². The van der Waals surface area contributed by atoms with E-state index in [9.17, 15) is 24.0 Å². The zero-order valence-corrected chi connectivity index (χ0v) is 27.3. The van der Waals surface area contributed by atoms with E-state index < -0.39 is 35.4 Å². The first-order valence-electron chi connectivity index (χ1n) is 14.8. The average Bonchev–Trinajstić information content (AvgIpc) is 2.96. The molecule has 0 aromatic heterocycles. The highest BCUT2D eigenvalue weighted by Gasteiger charge is 2.31. The molecule has 0 saturated heterocycles. The molecule has 3 amide bonds. The zero-order chi connectivity index (χ0) is 33.7. The van der Waals surface area contributed by atoms with Gasteiger partial charge in [-0.15, -0.1) is 0 Å². The number of hydrogen-bond acceptors (Lipinski definition) is 8. The van der Waals surface area contributed by atoms with E-state index in [2.05, 4.69) is 10.6 Å². The molecule has 0 aliphatic rings. The number of benzene rings is 2. The van der Waals surface area contributed by atoms with Crippen molar-refractivity contribution in [2.75, 3.05) is 19.2 Å². The molecule has 0 spiro atoms. The maximum atomic E-state index is 13.6. The fourth-order valence-corrected chi connectivity index (χ4v) is 4.35. The molecule has 0 saturated carbocycles. The third-order valence-corrected chi connectivity index (χ3v) is 6.28. The summed E-state index contributed by atoms with van der Waals surface area (Å²) in [5.74, 6) is -3.52. The van der Waals surface area contributed by atoms with Gasteiger partial charge in [-0.05, 0) is 76.3 Å². The minimum absolute atomic E-state index is 0.00586. The SMILES string of the molecule is COCOC(=O)c1cc(C=CC(=O)N(C(C)C)C(CC(C)C)C(=O)NCc2ccccc2)ccc1NC(=O)C(=O)OC(C)(C)C. The highest BCUT2D eigenvalue weighted by Crippen LogP contribution is 2.22. The Kier molecular flexibility index (Phi) is 13.9. The normalized spacial score (nSPS) is 12.1. The van der Waals surface area contributed by atoms with E-state index in [0.717, 1.165) is 5.56 Å². The Morgan fingerprint density at radius 2 is 1.62 bits per heavy atom. The Balaban J connectivity index is 2.34. The van der Waals surface area contributed by atoms with Crippen LogP contribution in [0.25, 0.3) is 6.08 Å². The van der Waals surface area contributed by atoms with E-state index in [4.69, 9.17) is 14.2 Å². The monoisotopic (exact) mass is 623 g/mol. The van der Waals surface area contributed by atoms with Crippen molar-refractivity contribution in [3.8, 4) is 0 Å². The molecule has 0 bridgehead atoms. The quantitative estimate of drug-likeness (QED) is 0.142. The number of methoxy groups -OCH3 is 1. The van der Waals surface area contributed by atoms with Crippen LogP contribution in [0.2, 0.25) is 0 Å². The highest BCUT2D eigenvalue weighted by molar-refractivity contribution is 6.37. The first kappa shape index (κ1) is 36.7. The van der Waals surface area contributed by atoms with Crippen molar-refractivity contribution in [3.05, 3.63) is 71.3 Å². The third-order valence-electron chi connectivity index (χ3n) is 6.28. The van der Waals surface area contributed by atoms with Crippen molar-refractivity contribution in [3.63, 3.8) is 0 Å². The van der Waals surface area contributed by atoms with Crippen molar-refractivity contribution >= 4 is 41.4 Å². The van der Waals surface area contributed by atoms with Crippen LogP contribution < -0.4 is 10.6 Å². The van der Waals surface area contributed by atoms with Crippen LogP contribution in [0.3, 0.4) is 0 Å². The molecule has 0 heterocycles. The second-order valence-corrected chi connectivity index (χ2v) is 12.1. The Morgan fingerprint density at radius 3 is 2.20 bits per heavy atom. The Hall–Kier alpha value is -4.51. The summed E-state index contributed by atoms with van der Waals surface area (Å²) in [7, 11) is 1.35. The van der Waals surface area contributed by atoms with Gasteiger partial charge in [-0.1, -0.05) is 50.2 Å². The summed E-state index contributed by atoms with van der Waals surface area (Å²) in [5, 5.41) is 5.35. The number of nitrogens with zero attached hydrogens (tertiary/aromatic N) is 1. The number of carbonyl (C=O) groups excluding carboxylic acids is 5. The Bertz CT molecular complexity index is 1360. The van der Waals surface area contributed by atoms with Crippen molar-refractivity contribution in [2.45, 2.75) is 79.1 Å². The van der Waals surface area contributed by atoms with Gasteiger partial charge in [0, 0.05) is 25.8 Å². The first-order chi connectivity index (χ1) is 21.1. The molecule has 2 rings (SSSR count). The lowest BCUT2D eigenvalue weighted by atomic mass is 9.99. The molecule has 0 aliphatic heterocycles. The zero-order valence-electron chi connectivity index (χ0n) is 27.3. The van der Waals surface area contributed by atoms with Gasteiger partial charge in [0.2, 0.25) is 11.8 Å². The largest absolute Gasteiger partial charge is 0.453 e. The van der Waals surface area contributed by atoms with E-state index in [1.54, 1.807) is 31.7 Å². The van der Waals surface area contributed by atoms with E-state index in [1.165, 1.54) is 31.4 Å². The van der Waals surface area contributed by atoms with Crippen LogP contribution >= 0.6 is 0 Å². The van der Waals surface area contributed by atoms with Gasteiger partial charge in [0.25, 0.3) is 0 Å². The number of nitrogens with one attached hydrogen (secondary N) is 2. The lowest BCUT2D eigenvalue weighted by Gasteiger charge is -2.34. The number of esters is 2. The van der Waals surface area contributed by atoms with Crippen LogP contribution in [0.1, 0.15) is 76.4 Å². The molecule has 11 heteroatoms. The van der Waals surface area contributed by atoms with E-state index in [1.807, 2.05) is 58.0 Å². The molecule has 2 N–H and O–H groups in total. The van der Waals surface area contributed by atoms with Gasteiger partial charge in [-0.2, -0.15) is 0 Å². The predicted molar refractivity (Wildman–Crippen MR) is 171 cm³/mol. The van der Waals surface area contributed by atoms with Gasteiger partial charge in [-0.3, -0.25) is 14.4 Å². The summed E-state index contributed by atoms with van der Waals surface area (Å²) < 4.78 is 15.0. The molecule has 0 fully saturated rings. The van der Waals surface area contributed by atoms with Gasteiger partial charge < -0.3 is 29.7 Å². The molecule has 1 atom stereocenters. The number of ether oxygens (including phenoxy) is 3. The van der Waals surface area contributed by atoms with E-state index in [-0.39, 0.29) is 35.9 Å². The van der Waals surface area contributed by atoms with Gasteiger partial charge >= 0.3 is 17.8 Å². The Labute approximate surface area is 265 Å². The summed E-state index contributed by atoms with van der Waals surface area (Å²) >= 11 is 0. The molecule has 0 radical (unpaired) electrons. The Morgan fingerprint density at radius 1 is 0.956 bits per heavy atom. The van der Waals surface area contributed by atoms with E-state index in [0.29, 0.717) is 18.5 Å². The molecular formula is C34H45N3O8. The van der Waals surface area contributed by atoms with Gasteiger partial charge in [0.15, 0.2) is 6.79 Å². The number of carbonyl (C=O) groups is 5. The summed E-state index contributed by atoms with van der Waals surface area (Å²) in [4.78, 5) is 66.0. The number of anilines is 1. The smallest absolute Gasteiger partial charge is 0.397 e. The second kappa shape index (κ2) is 17.1. The summed E-state index contributed by atoms with van der Waals surface area (Å²) in [6, 6.07) is 12.9. The molecule has 1 unspecified atom stereocenters. The standard InChI is InChI=1S/C34H45N3O8/c1-22(2)18-28(30(39)35-20-25-12-10-9-11-13-25)37(23(3)4)29(38)17-15-24-14-16-27(26(19-24)32(41)44-21-43-8)36-31(40)33(42)45-34(5,6)7/h9-17,19,22-23,28H,18,20-21H2,1-8H3,(H,35,39)(H,36,40). The van der Waals surface area contributed by atoms with Crippen molar-refractivity contribution < 1.29 is 38.2 Å². The van der Waals surface area contributed by atoms with Crippen LogP contribution in [0.5, 0.6) is 0 Å². The lowest BCUT2D eigenvalue weighted by molar-refractivity contribution is -0.161. The van der Waals surface area contributed by atoms with Crippen molar-refractivity contribution in [2.24, 2.45) is 5.92 Å². The van der Waals surface area contributed by atoms with Crippen LogP contribution in [0.4, 0.5) is 5.69 Å². The van der Waals surface area contributed by atoms with E-state index >= 15 is 0 Å². The van der Waals surface area contributed by atoms with Crippen LogP contribution in [0, 0.1) is 5.92 Å². The summed E-state index contributed by atoms with van der Waals surface area (Å²) in [5.41, 5.74) is 0.419. The van der Waals surface area contributed by atoms with Gasteiger partial charge in [0.05, 0.1) is 11.3 Å². The summed E-state index contributed by atoms with van der Waals surface area (Å²) in [6.45, 7) is 12.5. The number of amides is 3. The fraction of sp³-hybridized carbons (Fsp3) is 0.441. The van der Waals surface area contributed by atoms with Crippen molar-refractivity contribution in [1.82, 2.24) is 10.2 Å². The maximum Gasteiger partial charge on any atom is 0.397 e. The van der Waals surface area contributed by atoms with Crippen LogP contribution in [0.15, 0.2) is 54.6 Å². The van der Waals surface area contributed by atoms with Gasteiger partial charge in [0.1, 0.15) is 11.6 Å². The topological polar surface area (TPSA) is 140 Å². The summed E-state index contributed by atoms with van der Waals surface area (Å²) in [6.07, 6.45) is 3.29. The number of hydrogen-bond donors (Lipinski definition) is 2. The minimum atomic E-state index is -1.12. The fourth-order valence-electron chi connectivity index (χ4n) is 4.35. The van der Waals surface area contributed by atoms with Crippen molar-refractivity contribution in [1.29, 1.82) is 0 Å². The van der Waals surface area contributed by atoms with Gasteiger partial charge in [-0.25, -0.2) is 9.59 Å². The second-order valence-electron chi connectivity index (χ2n) is 12.1. The first-order valence-corrected chi connectivity index (χ1v) is 14.8. The molecule has 0 aliphatic carbocycles. The highest BCUT2D eigenvalue weighted by atomic mass is 16.7. The lowest BCUT2D eigenvalue weighted by Crippen LogP contribution is -2.52. The molecule has 244 valence electrons.